The van der Waals surface area contributed by atoms with Crippen LogP contribution >= 0.6 is 0 Å². The van der Waals surface area contributed by atoms with E-state index in [2.05, 4.69) is 18.9 Å². The van der Waals surface area contributed by atoms with Gasteiger partial charge in [-0.15, -0.1) is 0 Å². The molecule has 0 aliphatic heterocycles. The Bertz CT molecular complexity index is 197. The molecule has 2 atom stereocenters. The number of rotatable bonds is 2. The Morgan fingerprint density at radius 3 is 2.20 bits per heavy atom. The van der Waals surface area contributed by atoms with Gasteiger partial charge in [0, 0.05) is 18.1 Å². The molecule has 2 heteroatoms. The van der Waals surface area contributed by atoms with Gasteiger partial charge in [0.25, 0.3) is 0 Å². The van der Waals surface area contributed by atoms with E-state index >= 15 is 0 Å². The Kier molecular flexibility index (Phi) is 3.68. The Morgan fingerprint density at radius 2 is 1.67 bits per heavy atom. The van der Waals surface area contributed by atoms with E-state index in [-0.39, 0.29) is 0 Å². The van der Waals surface area contributed by atoms with Gasteiger partial charge in [0.15, 0.2) is 0 Å². The molecule has 0 radical (unpaired) electrons. The Hall–Kier alpha value is -0.0800. The van der Waals surface area contributed by atoms with Gasteiger partial charge in [0.1, 0.15) is 0 Å². The molecule has 0 spiro atoms. The molecule has 2 rings (SSSR count). The van der Waals surface area contributed by atoms with E-state index in [1.165, 1.54) is 44.9 Å². The highest BCUT2D eigenvalue weighted by Crippen LogP contribution is 2.31. The zero-order valence-corrected chi connectivity index (χ0v) is 10.3. The molecule has 0 aromatic carbocycles. The second-order valence-electron chi connectivity index (χ2n) is 5.74. The minimum Gasteiger partial charge on any atom is -0.326 e. The maximum Gasteiger partial charge on any atom is 0.0247 e. The lowest BCUT2D eigenvalue weighted by Crippen LogP contribution is -2.48. The smallest absolute Gasteiger partial charge is 0.0247 e. The Morgan fingerprint density at radius 1 is 1.00 bits per heavy atom. The maximum atomic E-state index is 6.17. The number of likely N-dealkylation sites (N-methyl/N-ethyl adjacent to an activating group) is 1. The molecule has 0 saturated heterocycles. The van der Waals surface area contributed by atoms with Gasteiger partial charge in [-0.1, -0.05) is 13.3 Å². The van der Waals surface area contributed by atoms with Crippen molar-refractivity contribution in [2.45, 2.75) is 70.0 Å². The molecular weight excluding hydrogens is 184 g/mol. The molecule has 15 heavy (non-hydrogen) atoms. The molecule has 88 valence electrons. The number of hydrogen-bond acceptors (Lipinski definition) is 2. The average Bonchev–Trinajstić information content (AvgIpc) is 2.65. The first-order chi connectivity index (χ1) is 7.18. The first kappa shape index (κ1) is 11.4. The highest BCUT2D eigenvalue weighted by atomic mass is 15.2. The molecule has 0 heterocycles. The van der Waals surface area contributed by atoms with Crippen molar-refractivity contribution in [1.29, 1.82) is 0 Å². The molecule has 2 aliphatic carbocycles. The van der Waals surface area contributed by atoms with Crippen LogP contribution in [0.4, 0.5) is 0 Å². The van der Waals surface area contributed by atoms with Crippen LogP contribution in [0.15, 0.2) is 0 Å². The van der Waals surface area contributed by atoms with Crippen LogP contribution in [0.3, 0.4) is 0 Å². The second kappa shape index (κ2) is 4.84. The first-order valence-corrected chi connectivity index (χ1v) is 6.66. The Labute approximate surface area is 94.2 Å². The molecule has 0 amide bonds. The lowest BCUT2D eigenvalue weighted by Gasteiger charge is -2.38. The highest BCUT2D eigenvalue weighted by molar-refractivity contribution is 4.90. The predicted molar refractivity (Wildman–Crippen MR) is 64.8 cm³/mol. The highest BCUT2D eigenvalue weighted by Gasteiger charge is 2.32. The fourth-order valence-corrected chi connectivity index (χ4v) is 3.40. The van der Waals surface area contributed by atoms with Crippen LogP contribution in [0.25, 0.3) is 0 Å². The monoisotopic (exact) mass is 210 g/mol. The summed E-state index contributed by atoms with van der Waals surface area (Å²) >= 11 is 0. The van der Waals surface area contributed by atoms with E-state index in [1.807, 2.05) is 0 Å². The summed E-state index contributed by atoms with van der Waals surface area (Å²) in [5, 5.41) is 0. The molecule has 2 nitrogen and oxygen atoms in total. The van der Waals surface area contributed by atoms with Crippen molar-refractivity contribution in [2.24, 2.45) is 11.7 Å². The summed E-state index contributed by atoms with van der Waals surface area (Å²) in [7, 11) is 2.30. The fraction of sp³-hybridized carbons (Fsp3) is 1.00. The predicted octanol–water partition coefficient (Wildman–Crippen LogP) is 2.38. The van der Waals surface area contributed by atoms with Gasteiger partial charge in [0.05, 0.1) is 0 Å². The maximum absolute atomic E-state index is 6.17. The summed E-state index contributed by atoms with van der Waals surface area (Å²) in [5.74, 6) is 0.951. The van der Waals surface area contributed by atoms with E-state index in [4.69, 9.17) is 5.73 Å². The topological polar surface area (TPSA) is 29.3 Å². The molecule has 2 N–H and O–H groups in total. The van der Waals surface area contributed by atoms with Crippen LogP contribution in [-0.4, -0.2) is 30.1 Å². The molecule has 0 aromatic rings. The van der Waals surface area contributed by atoms with Crippen LogP contribution in [0.2, 0.25) is 0 Å². The van der Waals surface area contributed by atoms with Crippen molar-refractivity contribution in [3.8, 4) is 0 Å². The quantitative estimate of drug-likeness (QED) is 0.758. The summed E-state index contributed by atoms with van der Waals surface area (Å²) in [6.45, 7) is 2.39. The van der Waals surface area contributed by atoms with Crippen molar-refractivity contribution in [1.82, 2.24) is 4.90 Å². The number of nitrogens with two attached hydrogens (primary N) is 1. The van der Waals surface area contributed by atoms with Gasteiger partial charge in [0.2, 0.25) is 0 Å². The zero-order valence-electron chi connectivity index (χ0n) is 10.3. The Balaban J connectivity index is 1.87. The van der Waals surface area contributed by atoms with E-state index in [9.17, 15) is 0 Å². The van der Waals surface area contributed by atoms with Gasteiger partial charge in [-0.2, -0.15) is 0 Å². The van der Waals surface area contributed by atoms with Crippen LogP contribution in [-0.2, 0) is 0 Å². The van der Waals surface area contributed by atoms with Crippen LogP contribution in [0.5, 0.6) is 0 Å². The number of nitrogens with zero attached hydrogens (tertiary/aromatic N) is 1. The van der Waals surface area contributed by atoms with Crippen molar-refractivity contribution in [3.63, 3.8) is 0 Å². The van der Waals surface area contributed by atoms with Gasteiger partial charge >= 0.3 is 0 Å². The summed E-state index contributed by atoms with van der Waals surface area (Å²) in [6.07, 6.45) is 9.50. The standard InChI is InChI=1S/C13H26N2/c1-10-6-8-11(9-7-10)15(2)13-5-3-4-12(13)14/h10-13H,3-9,14H2,1-2H3. The van der Waals surface area contributed by atoms with Gasteiger partial charge in [-0.25, -0.2) is 0 Å². The molecule has 2 saturated carbocycles. The summed E-state index contributed by atoms with van der Waals surface area (Å²) in [6, 6.07) is 1.92. The van der Waals surface area contributed by atoms with Gasteiger partial charge in [-0.3, -0.25) is 4.90 Å². The molecule has 0 bridgehead atoms. The molecule has 2 aliphatic rings. The third kappa shape index (κ3) is 2.54. The lowest BCUT2D eigenvalue weighted by atomic mass is 9.86. The lowest BCUT2D eigenvalue weighted by molar-refractivity contribution is 0.117. The van der Waals surface area contributed by atoms with Crippen molar-refractivity contribution in [3.05, 3.63) is 0 Å². The van der Waals surface area contributed by atoms with Crippen LogP contribution < -0.4 is 5.73 Å². The summed E-state index contributed by atoms with van der Waals surface area (Å²) in [4.78, 5) is 2.60. The third-order valence-corrected chi connectivity index (χ3v) is 4.62. The van der Waals surface area contributed by atoms with Crippen molar-refractivity contribution < 1.29 is 0 Å². The van der Waals surface area contributed by atoms with E-state index < -0.39 is 0 Å². The molecule has 0 aromatic heterocycles. The van der Waals surface area contributed by atoms with Gasteiger partial charge < -0.3 is 5.73 Å². The van der Waals surface area contributed by atoms with E-state index in [0.29, 0.717) is 12.1 Å². The SMILES string of the molecule is CC1CCC(N(C)C2CCCC2N)CC1. The fourth-order valence-electron chi connectivity index (χ4n) is 3.40. The molecule has 2 unspecified atom stereocenters. The largest absolute Gasteiger partial charge is 0.326 e. The molecule has 2 fully saturated rings. The van der Waals surface area contributed by atoms with Crippen molar-refractivity contribution >= 4 is 0 Å². The van der Waals surface area contributed by atoms with Gasteiger partial charge in [-0.05, 0) is 51.5 Å². The van der Waals surface area contributed by atoms with Crippen LogP contribution in [0, 0.1) is 5.92 Å². The van der Waals surface area contributed by atoms with Crippen LogP contribution in [0.1, 0.15) is 51.9 Å². The minimum absolute atomic E-state index is 0.439. The third-order valence-electron chi connectivity index (χ3n) is 4.62. The minimum atomic E-state index is 0.439. The average molecular weight is 210 g/mol. The first-order valence-electron chi connectivity index (χ1n) is 6.66. The zero-order chi connectivity index (χ0) is 10.8. The van der Waals surface area contributed by atoms with Crippen molar-refractivity contribution in [2.75, 3.05) is 7.05 Å². The molecular formula is C13H26N2. The van der Waals surface area contributed by atoms with E-state index in [0.717, 1.165) is 12.0 Å². The second-order valence-corrected chi connectivity index (χ2v) is 5.74. The van der Waals surface area contributed by atoms with E-state index in [1.54, 1.807) is 0 Å². The summed E-state index contributed by atoms with van der Waals surface area (Å²) in [5.41, 5.74) is 6.17. The summed E-state index contributed by atoms with van der Waals surface area (Å²) < 4.78 is 0. The number of hydrogen-bond donors (Lipinski definition) is 1. The normalized spacial score (nSPS) is 42.4.